The highest BCUT2D eigenvalue weighted by Gasteiger charge is 2.06. The zero-order valence-electron chi connectivity index (χ0n) is 10.2. The molecule has 0 aliphatic heterocycles. The Morgan fingerprint density at radius 1 is 1.44 bits per heavy atom. The Balaban J connectivity index is 2.07. The summed E-state index contributed by atoms with van der Waals surface area (Å²) in [5.74, 6) is 1.26. The van der Waals surface area contributed by atoms with Crippen molar-refractivity contribution >= 4 is 17.5 Å². The van der Waals surface area contributed by atoms with Crippen molar-refractivity contribution < 1.29 is 4.74 Å². The summed E-state index contributed by atoms with van der Waals surface area (Å²) in [6.45, 7) is 3.17. The van der Waals surface area contributed by atoms with Crippen LogP contribution < -0.4 is 10.1 Å². The Morgan fingerprint density at radius 3 is 2.94 bits per heavy atom. The van der Waals surface area contributed by atoms with Gasteiger partial charge in [-0.1, -0.05) is 16.7 Å². The standard InChI is InChI=1S/C11H14ClN5O/c1-3-17-15-11(14-16-17)13-7-8-6-9(12)4-5-10(8)18-2/h4-6H,3,7H2,1-2H3,(H,13,15). The van der Waals surface area contributed by atoms with E-state index in [-0.39, 0.29) is 0 Å². The Morgan fingerprint density at radius 2 is 2.28 bits per heavy atom. The summed E-state index contributed by atoms with van der Waals surface area (Å²) < 4.78 is 5.25. The van der Waals surface area contributed by atoms with E-state index in [2.05, 4.69) is 20.7 Å². The number of ether oxygens (including phenoxy) is 1. The van der Waals surface area contributed by atoms with E-state index >= 15 is 0 Å². The lowest BCUT2D eigenvalue weighted by atomic mass is 10.2. The van der Waals surface area contributed by atoms with E-state index in [4.69, 9.17) is 16.3 Å². The fraction of sp³-hybridized carbons (Fsp3) is 0.364. The summed E-state index contributed by atoms with van der Waals surface area (Å²) in [6, 6.07) is 5.46. The first-order valence-electron chi connectivity index (χ1n) is 5.57. The van der Waals surface area contributed by atoms with Crippen molar-refractivity contribution in [2.75, 3.05) is 12.4 Å². The van der Waals surface area contributed by atoms with Crippen molar-refractivity contribution in [2.24, 2.45) is 0 Å². The van der Waals surface area contributed by atoms with Gasteiger partial charge in [-0.2, -0.15) is 4.80 Å². The third kappa shape index (κ3) is 2.89. The number of nitrogens with one attached hydrogen (secondary N) is 1. The molecule has 1 N–H and O–H groups in total. The number of benzene rings is 1. The van der Waals surface area contributed by atoms with Crippen molar-refractivity contribution in [2.45, 2.75) is 20.0 Å². The lowest BCUT2D eigenvalue weighted by Crippen LogP contribution is -2.04. The van der Waals surface area contributed by atoms with Gasteiger partial charge in [0.15, 0.2) is 0 Å². The van der Waals surface area contributed by atoms with E-state index in [1.165, 1.54) is 4.80 Å². The number of anilines is 1. The molecule has 0 atom stereocenters. The Labute approximate surface area is 110 Å². The zero-order valence-corrected chi connectivity index (χ0v) is 11.0. The van der Waals surface area contributed by atoms with Gasteiger partial charge >= 0.3 is 0 Å². The molecule has 0 aliphatic carbocycles. The SMILES string of the molecule is CCn1nnc(NCc2cc(Cl)ccc2OC)n1. The number of tetrazole rings is 1. The van der Waals surface area contributed by atoms with Crippen LogP contribution in [-0.2, 0) is 13.1 Å². The fourth-order valence-electron chi connectivity index (χ4n) is 1.51. The summed E-state index contributed by atoms with van der Waals surface area (Å²) >= 11 is 5.95. The number of hydrogen-bond acceptors (Lipinski definition) is 5. The maximum Gasteiger partial charge on any atom is 0.263 e. The van der Waals surface area contributed by atoms with Crippen LogP contribution in [0, 0.1) is 0 Å². The molecular formula is C11H14ClN5O. The molecular weight excluding hydrogens is 254 g/mol. The van der Waals surface area contributed by atoms with Gasteiger partial charge in [0.1, 0.15) is 5.75 Å². The number of rotatable bonds is 5. The second-order valence-corrected chi connectivity index (χ2v) is 4.05. The van der Waals surface area contributed by atoms with Gasteiger partial charge in [0.25, 0.3) is 5.95 Å². The quantitative estimate of drug-likeness (QED) is 0.897. The summed E-state index contributed by atoms with van der Waals surface area (Å²) in [4.78, 5) is 1.51. The first-order chi connectivity index (χ1) is 8.72. The number of nitrogens with zero attached hydrogens (tertiary/aromatic N) is 4. The van der Waals surface area contributed by atoms with E-state index in [9.17, 15) is 0 Å². The molecule has 0 spiro atoms. The number of methoxy groups -OCH3 is 1. The van der Waals surface area contributed by atoms with Gasteiger partial charge in [-0.15, -0.1) is 5.10 Å². The molecule has 1 aromatic carbocycles. The molecule has 0 amide bonds. The van der Waals surface area contributed by atoms with Crippen LogP contribution in [0.5, 0.6) is 5.75 Å². The molecule has 2 rings (SSSR count). The van der Waals surface area contributed by atoms with Gasteiger partial charge in [0, 0.05) is 17.1 Å². The van der Waals surface area contributed by atoms with Crippen LogP contribution in [0.1, 0.15) is 12.5 Å². The molecule has 0 saturated heterocycles. The van der Waals surface area contributed by atoms with Crippen LogP contribution >= 0.6 is 11.6 Å². The highest BCUT2D eigenvalue weighted by Crippen LogP contribution is 2.23. The van der Waals surface area contributed by atoms with Gasteiger partial charge in [0.05, 0.1) is 13.7 Å². The summed E-state index contributed by atoms with van der Waals surface area (Å²) in [6.07, 6.45) is 0. The van der Waals surface area contributed by atoms with Gasteiger partial charge in [-0.3, -0.25) is 0 Å². The van der Waals surface area contributed by atoms with Crippen molar-refractivity contribution in [1.29, 1.82) is 0 Å². The minimum absolute atomic E-state index is 0.485. The average molecular weight is 268 g/mol. The summed E-state index contributed by atoms with van der Waals surface area (Å²) in [7, 11) is 1.62. The lowest BCUT2D eigenvalue weighted by Gasteiger charge is -2.08. The minimum atomic E-state index is 0.485. The highest BCUT2D eigenvalue weighted by molar-refractivity contribution is 6.30. The second kappa shape index (κ2) is 5.68. The van der Waals surface area contributed by atoms with Crippen LogP contribution in [0.4, 0.5) is 5.95 Å². The molecule has 1 aromatic heterocycles. The van der Waals surface area contributed by atoms with Crippen LogP contribution in [-0.4, -0.2) is 27.3 Å². The summed E-state index contributed by atoms with van der Waals surface area (Å²) in [5.41, 5.74) is 0.942. The van der Waals surface area contributed by atoms with Crippen LogP contribution in [0.2, 0.25) is 5.02 Å². The first-order valence-corrected chi connectivity index (χ1v) is 5.95. The van der Waals surface area contributed by atoms with E-state index in [1.807, 2.05) is 19.1 Å². The van der Waals surface area contributed by atoms with Crippen LogP contribution in [0.3, 0.4) is 0 Å². The van der Waals surface area contributed by atoms with Gasteiger partial charge < -0.3 is 10.1 Å². The number of aromatic nitrogens is 4. The number of aryl methyl sites for hydroxylation is 1. The molecule has 1 heterocycles. The predicted octanol–water partition coefficient (Wildman–Crippen LogP) is 1.97. The van der Waals surface area contributed by atoms with E-state index < -0.39 is 0 Å². The third-order valence-corrected chi connectivity index (χ3v) is 2.65. The van der Waals surface area contributed by atoms with E-state index in [1.54, 1.807) is 13.2 Å². The van der Waals surface area contributed by atoms with Crippen LogP contribution in [0.25, 0.3) is 0 Å². The summed E-state index contributed by atoms with van der Waals surface area (Å²) in [5, 5.41) is 15.6. The molecule has 18 heavy (non-hydrogen) atoms. The van der Waals surface area contributed by atoms with E-state index in [0.29, 0.717) is 24.1 Å². The molecule has 0 radical (unpaired) electrons. The van der Waals surface area contributed by atoms with Crippen molar-refractivity contribution in [1.82, 2.24) is 20.2 Å². The van der Waals surface area contributed by atoms with Crippen molar-refractivity contribution in [3.05, 3.63) is 28.8 Å². The average Bonchev–Trinajstić information content (AvgIpc) is 2.84. The fourth-order valence-corrected chi connectivity index (χ4v) is 1.70. The Kier molecular flexibility index (Phi) is 3.99. The topological polar surface area (TPSA) is 64.9 Å². The third-order valence-electron chi connectivity index (χ3n) is 2.42. The largest absolute Gasteiger partial charge is 0.496 e. The molecule has 6 nitrogen and oxygen atoms in total. The smallest absolute Gasteiger partial charge is 0.263 e. The monoisotopic (exact) mass is 267 g/mol. The molecule has 0 bridgehead atoms. The molecule has 0 saturated carbocycles. The first kappa shape index (κ1) is 12.6. The number of hydrogen-bond donors (Lipinski definition) is 1. The van der Waals surface area contributed by atoms with Crippen molar-refractivity contribution in [3.8, 4) is 5.75 Å². The van der Waals surface area contributed by atoms with Gasteiger partial charge in [-0.05, 0) is 30.3 Å². The molecule has 0 fully saturated rings. The van der Waals surface area contributed by atoms with E-state index in [0.717, 1.165) is 11.3 Å². The predicted molar refractivity (Wildman–Crippen MR) is 68.8 cm³/mol. The van der Waals surface area contributed by atoms with Crippen molar-refractivity contribution in [3.63, 3.8) is 0 Å². The van der Waals surface area contributed by atoms with Crippen LogP contribution in [0.15, 0.2) is 18.2 Å². The zero-order chi connectivity index (χ0) is 13.0. The molecule has 96 valence electrons. The van der Waals surface area contributed by atoms with Gasteiger partial charge in [-0.25, -0.2) is 0 Å². The minimum Gasteiger partial charge on any atom is -0.496 e. The maximum absolute atomic E-state index is 5.95. The number of halogens is 1. The maximum atomic E-state index is 5.95. The lowest BCUT2D eigenvalue weighted by molar-refractivity contribution is 0.410. The normalized spacial score (nSPS) is 10.4. The second-order valence-electron chi connectivity index (χ2n) is 3.61. The molecule has 2 aromatic rings. The highest BCUT2D eigenvalue weighted by atomic mass is 35.5. The molecule has 0 aliphatic rings. The molecule has 0 unspecified atom stereocenters. The van der Waals surface area contributed by atoms with Gasteiger partial charge in [0.2, 0.25) is 0 Å². The Hall–Kier alpha value is -1.82. The Bertz CT molecular complexity index is 528. The molecule has 7 heteroatoms.